The number of hydrogen-bond donors (Lipinski definition) is 0. The Kier molecular flexibility index (Phi) is 4.99. The molecule has 0 aliphatic rings. The van der Waals surface area contributed by atoms with E-state index in [4.69, 9.17) is 4.74 Å². The largest absolute Gasteiger partial charge is 0.493 e. The van der Waals surface area contributed by atoms with E-state index in [1.54, 1.807) is 24.3 Å². The summed E-state index contributed by atoms with van der Waals surface area (Å²) in [4.78, 5) is 21.6. The van der Waals surface area contributed by atoms with Gasteiger partial charge in [0.05, 0.1) is 12.2 Å². The number of hydrogen-bond acceptors (Lipinski definition) is 3. The molecule has 0 aliphatic heterocycles. The molecular formula is C13H14O3. The van der Waals surface area contributed by atoms with Crippen LogP contribution in [-0.2, 0) is 4.79 Å². The third kappa shape index (κ3) is 3.69. The number of aldehydes is 1. The number of allylic oxidation sites excluding steroid dienone is 1. The zero-order chi connectivity index (χ0) is 11.8. The maximum absolute atomic E-state index is 10.9. The standard InChI is InChI=1S/C13H14O3/c1-2-12(15)7-5-9-16-13-8-4-3-6-11(13)10-14/h2-4,6,8,10H,1,5,7,9H2. The lowest BCUT2D eigenvalue weighted by Crippen LogP contribution is -2.02. The molecule has 0 spiro atoms. The number of ketones is 1. The van der Waals surface area contributed by atoms with Crippen LogP contribution in [0.15, 0.2) is 36.9 Å². The Labute approximate surface area is 94.7 Å². The highest BCUT2D eigenvalue weighted by Crippen LogP contribution is 2.15. The second kappa shape index (κ2) is 6.56. The molecule has 1 aromatic carbocycles. The second-order valence-corrected chi connectivity index (χ2v) is 3.28. The van der Waals surface area contributed by atoms with Crippen molar-refractivity contribution < 1.29 is 14.3 Å². The summed E-state index contributed by atoms with van der Waals surface area (Å²) in [5.74, 6) is 0.566. The minimum atomic E-state index is 0.00673. The Morgan fingerprint density at radius 3 is 2.81 bits per heavy atom. The average Bonchev–Trinajstić information content (AvgIpc) is 2.34. The van der Waals surface area contributed by atoms with Gasteiger partial charge in [-0.15, -0.1) is 0 Å². The van der Waals surface area contributed by atoms with E-state index in [-0.39, 0.29) is 5.78 Å². The number of rotatable bonds is 7. The minimum absolute atomic E-state index is 0.00673. The van der Waals surface area contributed by atoms with Gasteiger partial charge in [-0.2, -0.15) is 0 Å². The smallest absolute Gasteiger partial charge is 0.155 e. The predicted octanol–water partition coefficient (Wildman–Crippen LogP) is 2.41. The van der Waals surface area contributed by atoms with E-state index >= 15 is 0 Å². The Morgan fingerprint density at radius 2 is 2.12 bits per heavy atom. The molecule has 0 bridgehead atoms. The summed E-state index contributed by atoms with van der Waals surface area (Å²) < 4.78 is 5.41. The minimum Gasteiger partial charge on any atom is -0.493 e. The first-order chi connectivity index (χ1) is 7.77. The first-order valence-corrected chi connectivity index (χ1v) is 5.10. The van der Waals surface area contributed by atoms with E-state index in [0.717, 1.165) is 6.29 Å². The molecule has 0 aromatic heterocycles. The summed E-state index contributed by atoms with van der Waals surface area (Å²) in [6, 6.07) is 7.01. The molecule has 0 aliphatic carbocycles. The molecule has 0 radical (unpaired) electrons. The number of carbonyl (C=O) groups excluding carboxylic acids is 2. The lowest BCUT2D eigenvalue weighted by Gasteiger charge is -2.06. The molecule has 3 nitrogen and oxygen atoms in total. The van der Waals surface area contributed by atoms with Gasteiger partial charge in [-0.25, -0.2) is 0 Å². The van der Waals surface area contributed by atoms with Gasteiger partial charge in [-0.05, 0) is 24.6 Å². The lowest BCUT2D eigenvalue weighted by molar-refractivity contribution is -0.114. The monoisotopic (exact) mass is 218 g/mol. The molecule has 0 unspecified atom stereocenters. The first kappa shape index (κ1) is 12.2. The van der Waals surface area contributed by atoms with Gasteiger partial charge in [-0.1, -0.05) is 18.7 Å². The van der Waals surface area contributed by atoms with Crippen molar-refractivity contribution in [1.82, 2.24) is 0 Å². The Balaban J connectivity index is 2.39. The Hall–Kier alpha value is -1.90. The SMILES string of the molecule is C=CC(=O)CCCOc1ccccc1C=O. The summed E-state index contributed by atoms with van der Waals surface area (Å²) in [7, 11) is 0. The van der Waals surface area contributed by atoms with E-state index in [1.165, 1.54) is 6.08 Å². The van der Waals surface area contributed by atoms with Gasteiger partial charge >= 0.3 is 0 Å². The molecule has 0 amide bonds. The van der Waals surface area contributed by atoms with Crippen molar-refractivity contribution in [2.24, 2.45) is 0 Å². The molecule has 0 N–H and O–H groups in total. The van der Waals surface area contributed by atoms with E-state index in [2.05, 4.69) is 6.58 Å². The molecule has 16 heavy (non-hydrogen) atoms. The van der Waals surface area contributed by atoms with Crippen LogP contribution in [0.3, 0.4) is 0 Å². The quantitative estimate of drug-likeness (QED) is 0.401. The van der Waals surface area contributed by atoms with Crippen LogP contribution < -0.4 is 4.74 Å². The second-order valence-electron chi connectivity index (χ2n) is 3.28. The molecule has 0 saturated heterocycles. The highest BCUT2D eigenvalue weighted by Gasteiger charge is 2.01. The maximum atomic E-state index is 10.9. The van der Waals surface area contributed by atoms with Gasteiger partial charge in [-0.3, -0.25) is 9.59 Å². The van der Waals surface area contributed by atoms with Crippen LogP contribution in [0, 0.1) is 0 Å². The summed E-state index contributed by atoms with van der Waals surface area (Å²) >= 11 is 0. The highest BCUT2D eigenvalue weighted by atomic mass is 16.5. The Morgan fingerprint density at radius 1 is 1.38 bits per heavy atom. The van der Waals surface area contributed by atoms with Gasteiger partial charge in [0, 0.05) is 6.42 Å². The van der Waals surface area contributed by atoms with Crippen molar-refractivity contribution in [2.45, 2.75) is 12.8 Å². The third-order valence-electron chi connectivity index (χ3n) is 2.10. The summed E-state index contributed by atoms with van der Waals surface area (Å²) in [5.41, 5.74) is 0.526. The highest BCUT2D eigenvalue weighted by molar-refractivity contribution is 5.88. The molecule has 1 aromatic rings. The fraction of sp³-hybridized carbons (Fsp3) is 0.231. The normalized spacial score (nSPS) is 9.50. The van der Waals surface area contributed by atoms with Crippen LogP contribution in [0.1, 0.15) is 23.2 Å². The number of carbonyl (C=O) groups is 2. The van der Waals surface area contributed by atoms with Crippen molar-refractivity contribution in [3.8, 4) is 5.75 Å². The van der Waals surface area contributed by atoms with E-state index in [1.807, 2.05) is 0 Å². The van der Waals surface area contributed by atoms with Crippen LogP contribution in [0.2, 0.25) is 0 Å². The van der Waals surface area contributed by atoms with Crippen molar-refractivity contribution in [2.75, 3.05) is 6.61 Å². The van der Waals surface area contributed by atoms with Gasteiger partial charge < -0.3 is 4.74 Å². The summed E-state index contributed by atoms with van der Waals surface area (Å²) in [6.45, 7) is 3.81. The zero-order valence-corrected chi connectivity index (χ0v) is 9.02. The molecular weight excluding hydrogens is 204 g/mol. The summed E-state index contributed by atoms with van der Waals surface area (Å²) in [6.07, 6.45) is 3.11. The molecule has 3 heteroatoms. The number of ether oxygens (including phenoxy) is 1. The fourth-order valence-corrected chi connectivity index (χ4v) is 1.24. The zero-order valence-electron chi connectivity index (χ0n) is 9.02. The van der Waals surface area contributed by atoms with Crippen LogP contribution in [-0.4, -0.2) is 18.7 Å². The van der Waals surface area contributed by atoms with Crippen molar-refractivity contribution in [1.29, 1.82) is 0 Å². The predicted molar refractivity (Wildman–Crippen MR) is 61.8 cm³/mol. The topological polar surface area (TPSA) is 43.4 Å². The molecule has 0 atom stereocenters. The summed E-state index contributed by atoms with van der Waals surface area (Å²) in [5, 5.41) is 0. The van der Waals surface area contributed by atoms with Crippen LogP contribution in [0.4, 0.5) is 0 Å². The van der Waals surface area contributed by atoms with E-state index in [9.17, 15) is 9.59 Å². The number of benzene rings is 1. The first-order valence-electron chi connectivity index (χ1n) is 5.10. The number of para-hydroxylation sites is 1. The van der Waals surface area contributed by atoms with Crippen molar-refractivity contribution >= 4 is 12.1 Å². The van der Waals surface area contributed by atoms with Crippen LogP contribution >= 0.6 is 0 Å². The van der Waals surface area contributed by atoms with Gasteiger partial charge in [0.15, 0.2) is 12.1 Å². The van der Waals surface area contributed by atoms with Gasteiger partial charge in [0.1, 0.15) is 5.75 Å². The molecule has 1 rings (SSSR count). The molecule has 84 valence electrons. The third-order valence-corrected chi connectivity index (χ3v) is 2.10. The molecule has 0 saturated carbocycles. The van der Waals surface area contributed by atoms with Gasteiger partial charge in [0.25, 0.3) is 0 Å². The van der Waals surface area contributed by atoms with Crippen molar-refractivity contribution in [3.05, 3.63) is 42.5 Å². The van der Waals surface area contributed by atoms with Crippen molar-refractivity contribution in [3.63, 3.8) is 0 Å². The van der Waals surface area contributed by atoms with Crippen LogP contribution in [0.25, 0.3) is 0 Å². The Bertz CT molecular complexity index is 383. The van der Waals surface area contributed by atoms with E-state index < -0.39 is 0 Å². The fourth-order valence-electron chi connectivity index (χ4n) is 1.24. The average molecular weight is 218 g/mol. The molecule has 0 heterocycles. The van der Waals surface area contributed by atoms with Gasteiger partial charge in [0.2, 0.25) is 0 Å². The lowest BCUT2D eigenvalue weighted by atomic mass is 10.2. The van der Waals surface area contributed by atoms with Crippen LogP contribution in [0.5, 0.6) is 5.75 Å². The maximum Gasteiger partial charge on any atom is 0.155 e. The molecule has 0 fully saturated rings. The van der Waals surface area contributed by atoms with E-state index in [0.29, 0.717) is 30.8 Å².